The monoisotopic (exact) mass is 316 g/mol. The second kappa shape index (κ2) is 6.98. The van der Waals surface area contributed by atoms with E-state index < -0.39 is 0 Å². The summed E-state index contributed by atoms with van der Waals surface area (Å²) in [5.74, 6) is 1.34. The average molecular weight is 316 g/mol. The van der Waals surface area contributed by atoms with Crippen molar-refractivity contribution in [1.82, 2.24) is 9.97 Å². The fraction of sp³-hybridized carbons (Fsp3) is 0.375. The van der Waals surface area contributed by atoms with Gasteiger partial charge >= 0.3 is 0 Å². The highest BCUT2D eigenvalue weighted by molar-refractivity contribution is 7.99. The lowest BCUT2D eigenvalue weighted by Gasteiger charge is -2.34. The van der Waals surface area contributed by atoms with Gasteiger partial charge in [0.05, 0.1) is 12.7 Å². The average Bonchev–Trinajstić information content (AvgIpc) is 2.53. The van der Waals surface area contributed by atoms with Crippen LogP contribution in [0.25, 0.3) is 0 Å². The van der Waals surface area contributed by atoms with Crippen LogP contribution >= 0.6 is 11.8 Å². The number of morpholine rings is 1. The number of benzene rings is 1. The summed E-state index contributed by atoms with van der Waals surface area (Å²) in [6.45, 7) is 4.49. The van der Waals surface area contributed by atoms with E-state index in [4.69, 9.17) is 10.5 Å². The van der Waals surface area contributed by atoms with E-state index in [0.29, 0.717) is 5.82 Å². The molecule has 0 radical (unpaired) electrons. The number of ether oxygens (including phenoxy) is 1. The smallest absolute Gasteiger partial charge is 0.189 e. The van der Waals surface area contributed by atoms with E-state index >= 15 is 0 Å². The minimum absolute atomic E-state index is 0.171. The van der Waals surface area contributed by atoms with Crippen LogP contribution in [0.3, 0.4) is 0 Å². The molecule has 1 atom stereocenters. The maximum absolute atomic E-state index is 5.86. The summed E-state index contributed by atoms with van der Waals surface area (Å²) in [6, 6.07) is 12.2. The first-order chi connectivity index (χ1) is 10.7. The minimum Gasteiger partial charge on any atom is -0.384 e. The fourth-order valence-electron chi connectivity index (χ4n) is 2.49. The molecule has 1 aromatic carbocycles. The second-order valence-electron chi connectivity index (χ2n) is 5.30. The quantitative estimate of drug-likeness (QED) is 0.690. The van der Waals surface area contributed by atoms with Crippen molar-refractivity contribution < 1.29 is 4.74 Å². The molecule has 0 bridgehead atoms. The Labute approximate surface area is 134 Å². The van der Waals surface area contributed by atoms with Crippen LogP contribution in [0.2, 0.25) is 0 Å². The first kappa shape index (κ1) is 15.1. The number of rotatable bonds is 4. The second-order valence-corrected chi connectivity index (χ2v) is 6.29. The molecule has 0 saturated carbocycles. The zero-order valence-corrected chi connectivity index (χ0v) is 13.4. The van der Waals surface area contributed by atoms with Crippen molar-refractivity contribution in [1.29, 1.82) is 0 Å². The third-order valence-electron chi connectivity index (χ3n) is 3.51. The highest BCUT2D eigenvalue weighted by Crippen LogP contribution is 2.22. The van der Waals surface area contributed by atoms with Crippen LogP contribution in [-0.2, 0) is 4.74 Å². The van der Waals surface area contributed by atoms with E-state index in [9.17, 15) is 0 Å². The molecule has 0 aliphatic carbocycles. The van der Waals surface area contributed by atoms with E-state index in [2.05, 4.69) is 39.1 Å². The van der Waals surface area contributed by atoms with Crippen molar-refractivity contribution in [3.8, 4) is 0 Å². The minimum atomic E-state index is 0.171. The number of nitrogens with two attached hydrogens (primary N) is 1. The Hall–Kier alpha value is -1.79. The lowest BCUT2D eigenvalue weighted by Crippen LogP contribution is -2.43. The van der Waals surface area contributed by atoms with E-state index in [1.807, 2.05) is 13.0 Å². The molecule has 1 aromatic heterocycles. The van der Waals surface area contributed by atoms with Gasteiger partial charge in [-0.15, -0.1) is 0 Å². The summed E-state index contributed by atoms with van der Waals surface area (Å²) in [5.41, 5.74) is 7.90. The lowest BCUT2D eigenvalue weighted by atomic mass is 10.2. The van der Waals surface area contributed by atoms with Gasteiger partial charge in [-0.2, -0.15) is 0 Å². The molecule has 1 unspecified atom stereocenters. The molecule has 22 heavy (non-hydrogen) atoms. The molecule has 2 heterocycles. The molecule has 3 rings (SSSR count). The zero-order chi connectivity index (χ0) is 15.4. The number of anilines is 2. The first-order valence-electron chi connectivity index (χ1n) is 7.36. The molecular weight excluding hydrogens is 296 g/mol. The van der Waals surface area contributed by atoms with Crippen molar-refractivity contribution in [3.63, 3.8) is 0 Å². The van der Waals surface area contributed by atoms with Gasteiger partial charge in [0.15, 0.2) is 5.16 Å². The number of thioether (sulfide) groups is 1. The van der Waals surface area contributed by atoms with Gasteiger partial charge in [-0.1, -0.05) is 30.0 Å². The summed E-state index contributed by atoms with van der Waals surface area (Å²) in [5, 5.41) is 0.720. The molecule has 116 valence electrons. The maximum Gasteiger partial charge on any atom is 0.189 e. The van der Waals surface area contributed by atoms with Crippen LogP contribution in [0, 0.1) is 6.92 Å². The Morgan fingerprint density at radius 1 is 1.32 bits per heavy atom. The Balaban J connectivity index is 1.58. The molecule has 1 saturated heterocycles. The summed E-state index contributed by atoms with van der Waals surface area (Å²) in [4.78, 5) is 11.0. The van der Waals surface area contributed by atoms with Gasteiger partial charge in [0.1, 0.15) is 5.82 Å². The Morgan fingerprint density at radius 2 is 2.14 bits per heavy atom. The van der Waals surface area contributed by atoms with E-state index in [1.54, 1.807) is 17.8 Å². The Bertz CT molecular complexity index is 603. The predicted molar refractivity (Wildman–Crippen MR) is 90.3 cm³/mol. The van der Waals surface area contributed by atoms with Crippen molar-refractivity contribution in [2.75, 3.05) is 36.1 Å². The van der Waals surface area contributed by atoms with E-state index in [0.717, 1.165) is 36.3 Å². The Morgan fingerprint density at radius 3 is 2.91 bits per heavy atom. The Kier molecular flexibility index (Phi) is 4.80. The summed E-state index contributed by atoms with van der Waals surface area (Å²) >= 11 is 1.60. The lowest BCUT2D eigenvalue weighted by molar-refractivity contribution is 0.0563. The summed E-state index contributed by atoms with van der Waals surface area (Å²) in [6.07, 6.45) is 0.171. The van der Waals surface area contributed by atoms with Crippen molar-refractivity contribution in [2.24, 2.45) is 0 Å². The van der Waals surface area contributed by atoms with Gasteiger partial charge in [-0.25, -0.2) is 9.97 Å². The topological polar surface area (TPSA) is 64.3 Å². The fourth-order valence-corrected chi connectivity index (χ4v) is 3.41. The zero-order valence-electron chi connectivity index (χ0n) is 12.6. The number of nitrogen functional groups attached to an aromatic ring is 1. The molecule has 2 aromatic rings. The van der Waals surface area contributed by atoms with Crippen LogP contribution in [0.4, 0.5) is 11.5 Å². The van der Waals surface area contributed by atoms with Gasteiger partial charge in [-0.05, 0) is 19.1 Å². The molecule has 6 heteroatoms. The predicted octanol–water partition coefficient (Wildman–Crippen LogP) is 2.36. The molecule has 0 amide bonds. The largest absolute Gasteiger partial charge is 0.384 e. The number of nitrogens with zero attached hydrogens (tertiary/aromatic N) is 3. The normalized spacial score (nSPS) is 18.4. The maximum atomic E-state index is 5.86. The summed E-state index contributed by atoms with van der Waals surface area (Å²) < 4.78 is 5.86. The molecule has 5 nitrogen and oxygen atoms in total. The first-order valence-corrected chi connectivity index (χ1v) is 8.35. The molecular formula is C16H20N4OS. The van der Waals surface area contributed by atoms with Crippen molar-refractivity contribution >= 4 is 23.3 Å². The van der Waals surface area contributed by atoms with Crippen molar-refractivity contribution in [3.05, 3.63) is 42.1 Å². The van der Waals surface area contributed by atoms with Gasteiger partial charge in [0.2, 0.25) is 0 Å². The van der Waals surface area contributed by atoms with Crippen LogP contribution < -0.4 is 10.6 Å². The highest BCUT2D eigenvalue weighted by atomic mass is 32.2. The molecule has 0 spiro atoms. The number of hydrogen-bond donors (Lipinski definition) is 1. The number of hydrogen-bond acceptors (Lipinski definition) is 6. The molecule has 1 aliphatic rings. The number of aromatic nitrogens is 2. The molecule has 1 fully saturated rings. The summed E-state index contributed by atoms with van der Waals surface area (Å²) in [7, 11) is 0. The third kappa shape index (κ3) is 3.90. The van der Waals surface area contributed by atoms with Gasteiger partial charge < -0.3 is 15.4 Å². The molecule has 2 N–H and O–H groups in total. The third-order valence-corrected chi connectivity index (χ3v) is 4.49. The van der Waals surface area contributed by atoms with Gasteiger partial charge in [-0.3, -0.25) is 0 Å². The van der Waals surface area contributed by atoms with E-state index in [-0.39, 0.29) is 6.10 Å². The SMILES string of the molecule is Cc1cc(N)nc(SCC2CN(c3ccccc3)CCO2)n1. The van der Waals surface area contributed by atoms with Gasteiger partial charge in [0, 0.05) is 36.3 Å². The molecule has 1 aliphatic heterocycles. The van der Waals surface area contributed by atoms with Crippen LogP contribution in [0.15, 0.2) is 41.6 Å². The number of aryl methyl sites for hydroxylation is 1. The standard InChI is InChI=1S/C16H20N4OS/c1-12-9-15(17)19-16(18-12)22-11-14-10-20(7-8-21-14)13-5-3-2-4-6-13/h2-6,9,14H,7-8,10-11H2,1H3,(H2,17,18,19). The van der Waals surface area contributed by atoms with Crippen LogP contribution in [-0.4, -0.2) is 41.5 Å². The van der Waals surface area contributed by atoms with E-state index in [1.165, 1.54) is 5.69 Å². The van der Waals surface area contributed by atoms with Crippen LogP contribution in [0.1, 0.15) is 5.69 Å². The van der Waals surface area contributed by atoms with Crippen LogP contribution in [0.5, 0.6) is 0 Å². The van der Waals surface area contributed by atoms with Crippen molar-refractivity contribution in [2.45, 2.75) is 18.2 Å². The van der Waals surface area contributed by atoms with Gasteiger partial charge in [0.25, 0.3) is 0 Å². The highest BCUT2D eigenvalue weighted by Gasteiger charge is 2.21. The number of para-hydroxylation sites is 1.